The third kappa shape index (κ3) is 5.16. The van der Waals surface area contributed by atoms with Gasteiger partial charge in [0.1, 0.15) is 4.21 Å². The summed E-state index contributed by atoms with van der Waals surface area (Å²) in [4.78, 5) is 25.8. The standard InChI is InChI=1S/C17H24N2O7S3/c1-18(14-6-10-28(22,23)12-14)15(20)11-26-17(21)13-4-7-19(8-5-13)29(24,25)16-3-2-9-27-16/h2-3,9,13-14H,4-8,10-12H2,1H3/t14-/m1/s1. The molecule has 0 aliphatic carbocycles. The Labute approximate surface area is 174 Å². The van der Waals surface area contributed by atoms with Crippen molar-refractivity contribution in [1.82, 2.24) is 9.21 Å². The number of hydrogen-bond acceptors (Lipinski definition) is 8. The van der Waals surface area contributed by atoms with Crippen molar-refractivity contribution >= 4 is 43.1 Å². The number of carbonyl (C=O) groups is 2. The first-order valence-electron chi connectivity index (χ1n) is 9.26. The molecule has 0 unspecified atom stereocenters. The highest BCUT2D eigenvalue weighted by Crippen LogP contribution is 2.27. The van der Waals surface area contributed by atoms with Crippen molar-refractivity contribution in [2.45, 2.75) is 29.5 Å². The second-order valence-electron chi connectivity index (χ2n) is 7.28. The summed E-state index contributed by atoms with van der Waals surface area (Å²) in [5.74, 6) is -1.45. The minimum absolute atomic E-state index is 0.0576. The van der Waals surface area contributed by atoms with Crippen LogP contribution in [0.3, 0.4) is 0 Å². The van der Waals surface area contributed by atoms with Crippen molar-refractivity contribution in [2.75, 3.05) is 38.2 Å². The Kier molecular flexibility index (Phi) is 6.66. The monoisotopic (exact) mass is 464 g/mol. The highest BCUT2D eigenvalue weighted by Gasteiger charge is 2.35. The molecule has 2 aliphatic heterocycles. The van der Waals surface area contributed by atoms with Crippen LogP contribution in [0.5, 0.6) is 0 Å². The van der Waals surface area contributed by atoms with Crippen molar-refractivity contribution in [2.24, 2.45) is 5.92 Å². The van der Waals surface area contributed by atoms with E-state index < -0.39 is 50.3 Å². The predicted molar refractivity (Wildman–Crippen MR) is 107 cm³/mol. The highest BCUT2D eigenvalue weighted by atomic mass is 32.2. The van der Waals surface area contributed by atoms with Gasteiger partial charge in [-0.3, -0.25) is 9.59 Å². The zero-order valence-electron chi connectivity index (χ0n) is 16.0. The summed E-state index contributed by atoms with van der Waals surface area (Å²) in [6.45, 7) is -0.0127. The lowest BCUT2D eigenvalue weighted by atomic mass is 9.98. The number of rotatable bonds is 6. The smallest absolute Gasteiger partial charge is 0.309 e. The predicted octanol–water partition coefficient (Wildman–Crippen LogP) is 0.338. The second kappa shape index (κ2) is 8.70. The molecule has 2 fully saturated rings. The number of amides is 1. The number of ether oxygens (including phenoxy) is 1. The van der Waals surface area contributed by atoms with Gasteiger partial charge in [0.2, 0.25) is 0 Å². The lowest BCUT2D eigenvalue weighted by Gasteiger charge is -2.30. The lowest BCUT2D eigenvalue weighted by Crippen LogP contribution is -2.42. The van der Waals surface area contributed by atoms with Gasteiger partial charge in [0, 0.05) is 26.2 Å². The van der Waals surface area contributed by atoms with Gasteiger partial charge in [-0.25, -0.2) is 16.8 Å². The molecule has 1 atom stereocenters. The Balaban J connectivity index is 1.46. The number of thiophene rings is 1. The fourth-order valence-electron chi connectivity index (χ4n) is 3.51. The highest BCUT2D eigenvalue weighted by molar-refractivity contribution is 7.91. The molecule has 0 aromatic carbocycles. The molecule has 1 amide bonds. The number of nitrogens with zero attached hydrogens (tertiary/aromatic N) is 2. The second-order valence-corrected chi connectivity index (χ2v) is 12.6. The molecule has 3 heterocycles. The van der Waals surface area contributed by atoms with Gasteiger partial charge in [0.05, 0.1) is 17.4 Å². The van der Waals surface area contributed by atoms with E-state index >= 15 is 0 Å². The van der Waals surface area contributed by atoms with Crippen LogP contribution >= 0.6 is 11.3 Å². The number of sulfonamides is 1. The van der Waals surface area contributed by atoms with Crippen LogP contribution in [-0.2, 0) is 34.2 Å². The summed E-state index contributed by atoms with van der Waals surface area (Å²) in [5, 5.41) is 1.70. The molecule has 0 saturated carbocycles. The number of esters is 1. The molecule has 162 valence electrons. The molecule has 1 aromatic heterocycles. The number of carbonyl (C=O) groups excluding carboxylic acids is 2. The molecule has 3 rings (SSSR count). The van der Waals surface area contributed by atoms with E-state index in [0.29, 0.717) is 19.3 Å². The van der Waals surface area contributed by atoms with E-state index in [1.54, 1.807) is 17.5 Å². The zero-order chi connectivity index (χ0) is 21.2. The van der Waals surface area contributed by atoms with E-state index in [1.807, 2.05) is 0 Å². The van der Waals surface area contributed by atoms with E-state index in [9.17, 15) is 26.4 Å². The lowest BCUT2D eigenvalue weighted by molar-refractivity contribution is -0.156. The third-order valence-electron chi connectivity index (χ3n) is 5.36. The average Bonchev–Trinajstić information content (AvgIpc) is 3.35. The quantitative estimate of drug-likeness (QED) is 0.557. The van der Waals surface area contributed by atoms with E-state index in [2.05, 4.69) is 0 Å². The molecular weight excluding hydrogens is 440 g/mol. The van der Waals surface area contributed by atoms with E-state index in [4.69, 9.17) is 4.74 Å². The molecule has 29 heavy (non-hydrogen) atoms. The minimum atomic E-state index is -3.53. The minimum Gasteiger partial charge on any atom is -0.455 e. The Morgan fingerprint density at radius 1 is 1.28 bits per heavy atom. The Morgan fingerprint density at radius 3 is 2.52 bits per heavy atom. The summed E-state index contributed by atoms with van der Waals surface area (Å²) in [6, 6.07) is 2.84. The van der Waals surface area contributed by atoms with Crippen LogP contribution in [0.25, 0.3) is 0 Å². The van der Waals surface area contributed by atoms with Crippen molar-refractivity contribution < 1.29 is 31.2 Å². The van der Waals surface area contributed by atoms with Crippen LogP contribution in [0.15, 0.2) is 21.7 Å². The molecule has 0 spiro atoms. The topological polar surface area (TPSA) is 118 Å². The van der Waals surface area contributed by atoms with E-state index in [0.717, 1.165) is 11.3 Å². The SMILES string of the molecule is CN(C(=O)COC(=O)C1CCN(S(=O)(=O)c2cccs2)CC1)[C@@H]1CCS(=O)(=O)C1. The van der Waals surface area contributed by atoms with Gasteiger partial charge in [-0.1, -0.05) is 6.07 Å². The maximum atomic E-state index is 12.5. The third-order valence-corrected chi connectivity index (χ3v) is 10.4. The van der Waals surface area contributed by atoms with Crippen molar-refractivity contribution in [3.8, 4) is 0 Å². The number of hydrogen-bond donors (Lipinski definition) is 0. The summed E-state index contributed by atoms with van der Waals surface area (Å²) in [6.07, 6.45) is 1.04. The number of sulfone groups is 1. The van der Waals surface area contributed by atoms with Crippen LogP contribution in [-0.4, -0.2) is 82.2 Å². The van der Waals surface area contributed by atoms with Gasteiger partial charge in [-0.05, 0) is 30.7 Å². The summed E-state index contributed by atoms with van der Waals surface area (Å²) in [7, 11) is -5.14. The van der Waals surface area contributed by atoms with Crippen LogP contribution < -0.4 is 0 Å². The Bertz CT molecular complexity index is 949. The fraction of sp³-hybridized carbons (Fsp3) is 0.647. The normalized spacial score (nSPS) is 23.0. The molecule has 0 radical (unpaired) electrons. The van der Waals surface area contributed by atoms with E-state index in [1.165, 1.54) is 16.3 Å². The molecule has 9 nitrogen and oxygen atoms in total. The first kappa shape index (κ1) is 22.2. The van der Waals surface area contributed by atoms with Gasteiger partial charge < -0.3 is 9.64 Å². The van der Waals surface area contributed by atoms with Gasteiger partial charge in [-0.15, -0.1) is 11.3 Å². The first-order chi connectivity index (χ1) is 13.6. The summed E-state index contributed by atoms with van der Waals surface area (Å²) >= 11 is 1.15. The maximum Gasteiger partial charge on any atom is 0.309 e. The molecule has 0 N–H and O–H groups in total. The van der Waals surface area contributed by atoms with Crippen molar-refractivity contribution in [3.63, 3.8) is 0 Å². The molecule has 12 heteroatoms. The zero-order valence-corrected chi connectivity index (χ0v) is 18.5. The Morgan fingerprint density at radius 2 is 1.97 bits per heavy atom. The van der Waals surface area contributed by atoms with Gasteiger partial charge in [0.25, 0.3) is 15.9 Å². The van der Waals surface area contributed by atoms with E-state index in [-0.39, 0.29) is 28.8 Å². The summed E-state index contributed by atoms with van der Waals surface area (Å²) < 4.78 is 54.9. The van der Waals surface area contributed by atoms with Crippen LogP contribution in [0.1, 0.15) is 19.3 Å². The van der Waals surface area contributed by atoms with Gasteiger partial charge in [-0.2, -0.15) is 4.31 Å². The van der Waals surface area contributed by atoms with Crippen molar-refractivity contribution in [1.29, 1.82) is 0 Å². The number of piperidine rings is 1. The number of likely N-dealkylation sites (N-methyl/N-ethyl adjacent to an activating group) is 1. The van der Waals surface area contributed by atoms with Gasteiger partial charge >= 0.3 is 5.97 Å². The maximum absolute atomic E-state index is 12.5. The summed E-state index contributed by atoms with van der Waals surface area (Å²) in [5.41, 5.74) is 0. The molecular formula is C17H24N2O7S3. The largest absolute Gasteiger partial charge is 0.455 e. The van der Waals surface area contributed by atoms with Crippen LogP contribution in [0, 0.1) is 5.92 Å². The molecule has 0 bridgehead atoms. The average molecular weight is 465 g/mol. The molecule has 1 aromatic rings. The van der Waals surface area contributed by atoms with Crippen LogP contribution in [0.2, 0.25) is 0 Å². The molecule has 2 saturated heterocycles. The van der Waals surface area contributed by atoms with Crippen LogP contribution in [0.4, 0.5) is 0 Å². The fourth-order valence-corrected chi connectivity index (χ4v) is 7.89. The Hall–Kier alpha value is -1.50. The van der Waals surface area contributed by atoms with Crippen molar-refractivity contribution in [3.05, 3.63) is 17.5 Å². The molecule has 2 aliphatic rings. The first-order valence-corrected chi connectivity index (χ1v) is 13.4. The van der Waals surface area contributed by atoms with Gasteiger partial charge in [0.15, 0.2) is 16.4 Å².